The Morgan fingerprint density at radius 2 is 2.10 bits per heavy atom. The van der Waals surface area contributed by atoms with Gasteiger partial charge in [0.2, 0.25) is 5.88 Å². The van der Waals surface area contributed by atoms with Crippen molar-refractivity contribution in [1.82, 2.24) is 14.8 Å². The Labute approximate surface area is 128 Å². The van der Waals surface area contributed by atoms with Crippen LogP contribution in [0.5, 0.6) is 5.88 Å². The SMILES string of the molecule is COc1ncccc1CN1C[C@H]2CCN(C(C)C)C[C@H]2C1. The highest BCUT2D eigenvalue weighted by Crippen LogP contribution is 2.33. The fourth-order valence-corrected chi connectivity index (χ4v) is 3.86. The third-order valence-electron chi connectivity index (χ3n) is 5.08. The first-order chi connectivity index (χ1) is 10.2. The number of hydrogen-bond acceptors (Lipinski definition) is 4. The van der Waals surface area contributed by atoms with Crippen LogP contribution in [0.25, 0.3) is 0 Å². The van der Waals surface area contributed by atoms with Gasteiger partial charge in [-0.25, -0.2) is 4.98 Å². The zero-order chi connectivity index (χ0) is 14.8. The lowest BCUT2D eigenvalue weighted by Gasteiger charge is -2.36. The van der Waals surface area contributed by atoms with Crippen LogP contribution in [0.4, 0.5) is 0 Å². The molecule has 0 radical (unpaired) electrons. The first-order valence-electron chi connectivity index (χ1n) is 8.11. The second-order valence-corrected chi connectivity index (χ2v) is 6.76. The maximum Gasteiger partial charge on any atom is 0.217 e. The van der Waals surface area contributed by atoms with E-state index in [0.717, 1.165) is 24.3 Å². The summed E-state index contributed by atoms with van der Waals surface area (Å²) in [4.78, 5) is 9.52. The van der Waals surface area contributed by atoms with Gasteiger partial charge in [-0.2, -0.15) is 0 Å². The smallest absolute Gasteiger partial charge is 0.217 e. The van der Waals surface area contributed by atoms with Crippen LogP contribution in [-0.4, -0.2) is 54.1 Å². The van der Waals surface area contributed by atoms with Crippen LogP contribution in [-0.2, 0) is 6.54 Å². The normalized spacial score (nSPS) is 27.0. The van der Waals surface area contributed by atoms with Crippen molar-refractivity contribution >= 4 is 0 Å². The van der Waals surface area contributed by atoms with E-state index in [9.17, 15) is 0 Å². The van der Waals surface area contributed by atoms with Crippen LogP contribution in [0.1, 0.15) is 25.8 Å². The van der Waals surface area contributed by atoms with Gasteiger partial charge in [-0.1, -0.05) is 6.07 Å². The summed E-state index contributed by atoms with van der Waals surface area (Å²) in [6.07, 6.45) is 3.15. The number of piperidine rings is 1. The van der Waals surface area contributed by atoms with Gasteiger partial charge in [0.25, 0.3) is 0 Å². The van der Waals surface area contributed by atoms with E-state index in [1.54, 1.807) is 13.3 Å². The van der Waals surface area contributed by atoms with Crippen molar-refractivity contribution in [3.63, 3.8) is 0 Å². The molecule has 4 heteroatoms. The maximum atomic E-state index is 5.38. The molecule has 4 nitrogen and oxygen atoms in total. The van der Waals surface area contributed by atoms with Crippen LogP contribution in [0, 0.1) is 11.8 Å². The molecule has 0 aliphatic carbocycles. The quantitative estimate of drug-likeness (QED) is 0.850. The highest BCUT2D eigenvalue weighted by Gasteiger charge is 2.37. The third kappa shape index (κ3) is 3.22. The molecule has 2 aliphatic rings. The topological polar surface area (TPSA) is 28.6 Å². The number of hydrogen-bond donors (Lipinski definition) is 0. The minimum absolute atomic E-state index is 0.679. The molecule has 3 heterocycles. The molecule has 0 aromatic carbocycles. The molecule has 2 aliphatic heterocycles. The van der Waals surface area contributed by atoms with Crippen LogP contribution in [0.2, 0.25) is 0 Å². The Kier molecular flexibility index (Phi) is 4.45. The van der Waals surface area contributed by atoms with E-state index < -0.39 is 0 Å². The molecule has 1 aromatic heterocycles. The zero-order valence-electron chi connectivity index (χ0n) is 13.5. The molecular weight excluding hydrogens is 262 g/mol. The number of rotatable bonds is 4. The van der Waals surface area contributed by atoms with E-state index in [4.69, 9.17) is 4.74 Å². The molecule has 0 bridgehead atoms. The molecular formula is C17H27N3O. The fraction of sp³-hybridized carbons (Fsp3) is 0.706. The number of methoxy groups -OCH3 is 1. The summed E-state index contributed by atoms with van der Waals surface area (Å²) in [6, 6.07) is 4.81. The molecule has 116 valence electrons. The second-order valence-electron chi connectivity index (χ2n) is 6.76. The molecule has 2 atom stereocenters. The standard InChI is InChI=1S/C17H27N3O/c1-13(2)20-8-6-14-9-19(11-16(14)12-20)10-15-5-4-7-18-17(15)21-3/h4-5,7,13-14,16H,6,8-12H2,1-3H3/t14-,16-/m1/s1. The zero-order valence-corrected chi connectivity index (χ0v) is 13.5. The minimum Gasteiger partial charge on any atom is -0.481 e. The van der Waals surface area contributed by atoms with Gasteiger partial charge in [-0.3, -0.25) is 4.90 Å². The average Bonchev–Trinajstić information content (AvgIpc) is 2.89. The molecule has 3 rings (SSSR count). The van der Waals surface area contributed by atoms with Crippen molar-refractivity contribution in [2.75, 3.05) is 33.3 Å². The number of likely N-dealkylation sites (tertiary alicyclic amines) is 2. The van der Waals surface area contributed by atoms with E-state index in [2.05, 4.69) is 34.7 Å². The Balaban J connectivity index is 1.62. The Bertz CT molecular complexity index is 477. The summed E-state index contributed by atoms with van der Waals surface area (Å²) in [6.45, 7) is 10.6. The Morgan fingerprint density at radius 1 is 1.29 bits per heavy atom. The number of nitrogens with zero attached hydrogens (tertiary/aromatic N) is 3. The van der Waals surface area contributed by atoms with Crippen LogP contribution < -0.4 is 4.74 Å². The number of aromatic nitrogens is 1. The van der Waals surface area contributed by atoms with Gasteiger partial charge in [0.1, 0.15) is 0 Å². The van der Waals surface area contributed by atoms with Crippen molar-refractivity contribution in [2.45, 2.75) is 32.9 Å². The molecule has 0 N–H and O–H groups in total. The summed E-state index contributed by atoms with van der Waals surface area (Å²) in [7, 11) is 1.70. The average molecular weight is 289 g/mol. The summed E-state index contributed by atoms with van der Waals surface area (Å²) < 4.78 is 5.38. The first-order valence-corrected chi connectivity index (χ1v) is 8.11. The van der Waals surface area contributed by atoms with E-state index in [0.29, 0.717) is 6.04 Å². The molecule has 2 saturated heterocycles. The number of fused-ring (bicyclic) bond motifs is 1. The van der Waals surface area contributed by atoms with Gasteiger partial charge in [-0.05, 0) is 44.7 Å². The van der Waals surface area contributed by atoms with Crippen molar-refractivity contribution in [3.8, 4) is 5.88 Å². The summed E-state index contributed by atoms with van der Waals surface area (Å²) >= 11 is 0. The lowest BCUT2D eigenvalue weighted by molar-refractivity contribution is 0.118. The maximum absolute atomic E-state index is 5.38. The number of pyridine rings is 1. The van der Waals surface area contributed by atoms with Crippen LogP contribution in [0.3, 0.4) is 0 Å². The first kappa shape index (κ1) is 14.8. The van der Waals surface area contributed by atoms with Crippen molar-refractivity contribution in [3.05, 3.63) is 23.9 Å². The monoisotopic (exact) mass is 289 g/mol. The molecule has 0 amide bonds. The fourth-order valence-electron chi connectivity index (χ4n) is 3.86. The minimum atomic E-state index is 0.679. The van der Waals surface area contributed by atoms with Crippen LogP contribution >= 0.6 is 0 Å². The largest absolute Gasteiger partial charge is 0.481 e. The third-order valence-corrected chi connectivity index (χ3v) is 5.08. The van der Waals surface area contributed by atoms with Gasteiger partial charge in [0, 0.05) is 44.0 Å². The van der Waals surface area contributed by atoms with Gasteiger partial charge in [0.05, 0.1) is 7.11 Å². The van der Waals surface area contributed by atoms with E-state index >= 15 is 0 Å². The predicted octanol–water partition coefficient (Wildman–Crippen LogP) is 2.25. The Morgan fingerprint density at radius 3 is 2.86 bits per heavy atom. The Hall–Kier alpha value is -1.13. The predicted molar refractivity (Wildman–Crippen MR) is 84.4 cm³/mol. The molecule has 0 unspecified atom stereocenters. The van der Waals surface area contributed by atoms with Crippen molar-refractivity contribution in [2.24, 2.45) is 11.8 Å². The lowest BCUT2D eigenvalue weighted by Crippen LogP contribution is -2.43. The van der Waals surface area contributed by atoms with Gasteiger partial charge < -0.3 is 9.64 Å². The van der Waals surface area contributed by atoms with E-state index in [1.165, 1.54) is 38.2 Å². The molecule has 0 spiro atoms. The van der Waals surface area contributed by atoms with Crippen molar-refractivity contribution < 1.29 is 4.74 Å². The number of ether oxygens (including phenoxy) is 1. The highest BCUT2D eigenvalue weighted by atomic mass is 16.5. The van der Waals surface area contributed by atoms with Crippen molar-refractivity contribution in [1.29, 1.82) is 0 Å². The summed E-state index contributed by atoms with van der Waals surface area (Å²) in [5, 5.41) is 0. The van der Waals surface area contributed by atoms with E-state index in [-0.39, 0.29) is 0 Å². The molecule has 1 aromatic rings. The second kappa shape index (κ2) is 6.32. The van der Waals surface area contributed by atoms with Gasteiger partial charge in [-0.15, -0.1) is 0 Å². The molecule has 2 fully saturated rings. The molecule has 21 heavy (non-hydrogen) atoms. The molecule has 0 saturated carbocycles. The van der Waals surface area contributed by atoms with Crippen LogP contribution in [0.15, 0.2) is 18.3 Å². The van der Waals surface area contributed by atoms with Gasteiger partial charge in [0.15, 0.2) is 0 Å². The summed E-state index contributed by atoms with van der Waals surface area (Å²) in [5.41, 5.74) is 1.21. The van der Waals surface area contributed by atoms with Gasteiger partial charge >= 0.3 is 0 Å². The lowest BCUT2D eigenvalue weighted by atomic mass is 9.88. The summed E-state index contributed by atoms with van der Waals surface area (Å²) in [5.74, 6) is 2.49. The highest BCUT2D eigenvalue weighted by molar-refractivity contribution is 5.25. The van der Waals surface area contributed by atoms with E-state index in [1.807, 2.05) is 6.07 Å².